The van der Waals surface area contributed by atoms with E-state index in [9.17, 15) is 24.0 Å². The highest BCUT2D eigenvalue weighted by Gasteiger charge is 2.43. The Kier molecular flexibility index (Phi) is 23.8. The predicted molar refractivity (Wildman–Crippen MR) is 276 cm³/mol. The number of unbranched alkanes of at least 4 members (excludes halogenated alkanes) is 2. The molecule has 3 N–H and O–H groups in total. The van der Waals surface area contributed by atoms with E-state index in [1.165, 1.54) is 0 Å². The molecule has 3 aromatic rings. The number of Topliss-reactive ketones (excluding diaryl/α,β-unsaturated/α-hetero) is 1. The number of nitrogens with zero attached hydrogens (tertiary/aromatic N) is 4. The Morgan fingerprint density at radius 3 is 2.07 bits per heavy atom. The average molecular weight is 987 g/mol. The van der Waals surface area contributed by atoms with Gasteiger partial charge in [0.15, 0.2) is 5.78 Å². The predicted octanol–water partition coefficient (Wildman–Crippen LogP) is 8.82. The number of carbonyl (C=O) groups excluding carboxylic acids is 4. The lowest BCUT2D eigenvalue weighted by atomic mass is 9.74. The van der Waals surface area contributed by atoms with Gasteiger partial charge in [0, 0.05) is 45.1 Å². The number of benzene rings is 2. The SMILES string of the molecule is CCC(C)C(CC(C)C(C)C(=O)C(NC(=O)C(C(C)C)N(C)CCCCCC(=O)O)C(C)C)C(CC(=O)N1CCCC1C(OC)C(C)C(=O)NC(Cc1ccccc1)c1nnc(-c2ccccc2)o1)OC. The number of hydrogen-bond donors (Lipinski definition) is 3. The van der Waals surface area contributed by atoms with Gasteiger partial charge in [0.2, 0.25) is 29.5 Å². The van der Waals surface area contributed by atoms with Gasteiger partial charge in [-0.2, -0.15) is 0 Å². The van der Waals surface area contributed by atoms with Gasteiger partial charge in [-0.25, -0.2) is 0 Å². The normalized spacial score (nSPS) is 18.3. The fraction of sp³-hybridized carbons (Fsp3) is 0.661. The van der Waals surface area contributed by atoms with E-state index in [0.717, 1.165) is 36.8 Å². The Hall–Kier alpha value is -4.99. The molecule has 2 heterocycles. The van der Waals surface area contributed by atoms with Gasteiger partial charge in [0.1, 0.15) is 6.04 Å². The molecule has 2 aromatic carbocycles. The van der Waals surface area contributed by atoms with Crippen molar-refractivity contribution >= 4 is 29.5 Å². The van der Waals surface area contributed by atoms with Crippen LogP contribution < -0.4 is 10.6 Å². The van der Waals surface area contributed by atoms with Crippen molar-refractivity contribution in [2.75, 3.05) is 34.4 Å². The van der Waals surface area contributed by atoms with E-state index in [-0.39, 0.29) is 77.9 Å². The first-order valence-corrected chi connectivity index (χ1v) is 26.2. The topological polar surface area (TPSA) is 193 Å². The van der Waals surface area contributed by atoms with Crippen molar-refractivity contribution in [1.82, 2.24) is 30.6 Å². The summed E-state index contributed by atoms with van der Waals surface area (Å²) in [5.41, 5.74) is 1.77. The summed E-state index contributed by atoms with van der Waals surface area (Å²) in [5, 5.41) is 24.0. The van der Waals surface area contributed by atoms with Crippen LogP contribution in [-0.4, -0.2) is 119 Å². The third-order valence-corrected chi connectivity index (χ3v) is 15.1. The number of carboxylic acid groups (broad SMARTS) is 1. The lowest BCUT2D eigenvalue weighted by molar-refractivity contribution is -0.143. The Labute approximate surface area is 424 Å². The number of likely N-dealkylation sites (N-methyl/N-ethyl adjacent to an activating group) is 1. The molecule has 3 amide bonds. The fourth-order valence-electron chi connectivity index (χ4n) is 10.4. The van der Waals surface area contributed by atoms with Crippen LogP contribution >= 0.6 is 0 Å². The highest BCUT2D eigenvalue weighted by molar-refractivity contribution is 5.92. The maximum Gasteiger partial charge on any atom is 0.303 e. The van der Waals surface area contributed by atoms with Crippen LogP contribution in [0.15, 0.2) is 65.1 Å². The zero-order valence-corrected chi connectivity index (χ0v) is 44.8. The van der Waals surface area contributed by atoms with Gasteiger partial charge < -0.3 is 34.5 Å². The van der Waals surface area contributed by atoms with E-state index in [0.29, 0.717) is 50.6 Å². The number of ketones is 1. The largest absolute Gasteiger partial charge is 0.481 e. The van der Waals surface area contributed by atoms with Crippen molar-refractivity contribution in [3.05, 3.63) is 72.1 Å². The number of methoxy groups -OCH3 is 2. The van der Waals surface area contributed by atoms with Crippen LogP contribution in [0.4, 0.5) is 0 Å². The van der Waals surface area contributed by atoms with E-state index in [4.69, 9.17) is 19.0 Å². The van der Waals surface area contributed by atoms with Crippen molar-refractivity contribution in [2.45, 2.75) is 163 Å². The molecule has 1 saturated heterocycles. The molecular formula is C56H86N6O9. The van der Waals surface area contributed by atoms with Gasteiger partial charge in [0.25, 0.3) is 0 Å². The third-order valence-electron chi connectivity index (χ3n) is 15.1. The number of aromatic nitrogens is 2. The van der Waals surface area contributed by atoms with Crippen LogP contribution in [0.3, 0.4) is 0 Å². The molecule has 15 nitrogen and oxygen atoms in total. The fourth-order valence-corrected chi connectivity index (χ4v) is 10.4. The quantitative estimate of drug-likeness (QED) is 0.0520. The molecular weight excluding hydrogens is 901 g/mol. The molecule has 1 aromatic heterocycles. The minimum atomic E-state index is -0.806. The number of rotatable bonds is 31. The number of likely N-dealkylation sites (tertiary alicyclic amines) is 1. The Balaban J connectivity index is 1.44. The van der Waals surface area contributed by atoms with Crippen molar-refractivity contribution in [3.63, 3.8) is 0 Å². The van der Waals surface area contributed by atoms with Crippen LogP contribution in [0, 0.1) is 41.4 Å². The van der Waals surface area contributed by atoms with E-state index >= 15 is 0 Å². The summed E-state index contributed by atoms with van der Waals surface area (Å²) in [6.07, 6.45) is 4.75. The number of carbonyl (C=O) groups is 5. The van der Waals surface area contributed by atoms with E-state index in [1.54, 1.807) is 14.2 Å². The molecule has 0 bridgehead atoms. The number of ether oxygens (including phenoxy) is 2. The summed E-state index contributed by atoms with van der Waals surface area (Å²) in [7, 11) is 5.15. The first-order chi connectivity index (χ1) is 33.8. The molecule has 0 aliphatic carbocycles. The highest BCUT2D eigenvalue weighted by atomic mass is 16.5. The molecule has 11 unspecified atom stereocenters. The molecule has 15 heteroatoms. The van der Waals surface area contributed by atoms with Crippen LogP contribution in [0.1, 0.15) is 138 Å². The maximum absolute atomic E-state index is 14.5. The molecule has 11 atom stereocenters. The van der Waals surface area contributed by atoms with Crippen molar-refractivity contribution < 1.29 is 43.0 Å². The summed E-state index contributed by atoms with van der Waals surface area (Å²) in [4.78, 5) is 72.0. The van der Waals surface area contributed by atoms with Crippen LogP contribution in [0.5, 0.6) is 0 Å². The summed E-state index contributed by atoms with van der Waals surface area (Å²) >= 11 is 0. The lowest BCUT2D eigenvalue weighted by Crippen LogP contribution is -2.55. The highest BCUT2D eigenvalue weighted by Crippen LogP contribution is 2.35. The minimum Gasteiger partial charge on any atom is -0.481 e. The van der Waals surface area contributed by atoms with Crippen LogP contribution in [0.2, 0.25) is 0 Å². The van der Waals surface area contributed by atoms with E-state index < -0.39 is 42.2 Å². The van der Waals surface area contributed by atoms with E-state index in [2.05, 4.69) is 41.6 Å². The van der Waals surface area contributed by atoms with Crippen LogP contribution in [0.25, 0.3) is 11.5 Å². The molecule has 1 aliphatic rings. The molecule has 0 spiro atoms. The monoisotopic (exact) mass is 987 g/mol. The first kappa shape index (κ1) is 58.6. The third kappa shape index (κ3) is 16.8. The van der Waals surface area contributed by atoms with Crippen LogP contribution in [-0.2, 0) is 39.9 Å². The van der Waals surface area contributed by atoms with Crippen molar-refractivity contribution in [2.24, 2.45) is 41.4 Å². The van der Waals surface area contributed by atoms with Gasteiger partial charge in [0.05, 0.1) is 42.7 Å². The number of amides is 3. The summed E-state index contributed by atoms with van der Waals surface area (Å²) in [6.45, 7) is 19.3. The van der Waals surface area contributed by atoms with Gasteiger partial charge in [-0.3, -0.25) is 28.9 Å². The standard InChI is InChI=1S/C56H86N6O9/c1-13-37(6)43(32-38(7)39(8)51(66)49(35(2)3)58-54(68)50(36(4)5)61(10)30-22-16-21-29-48(64)65)46(69-11)34-47(63)62-31-23-28-45(62)52(70-12)40(9)53(67)57-44(33-41-24-17-14-18-25-41)56-60-59-55(71-56)42-26-19-15-20-27-42/h14-15,17-20,24-27,35-40,43-46,49-50,52H,13,16,21-23,28-34H2,1-12H3,(H,57,67)(H,58,68)(H,64,65). The van der Waals surface area contributed by atoms with E-state index in [1.807, 2.05) is 119 Å². The second-order valence-electron chi connectivity index (χ2n) is 20.9. The van der Waals surface area contributed by atoms with Gasteiger partial charge in [-0.05, 0) is 93.0 Å². The Morgan fingerprint density at radius 1 is 0.817 bits per heavy atom. The number of hydrogen-bond acceptors (Lipinski definition) is 11. The molecule has 71 heavy (non-hydrogen) atoms. The van der Waals surface area contributed by atoms with Gasteiger partial charge in [-0.15, -0.1) is 10.2 Å². The first-order valence-electron chi connectivity index (χ1n) is 26.2. The van der Waals surface area contributed by atoms with Gasteiger partial charge in [-0.1, -0.05) is 124 Å². The molecule has 4 rings (SSSR count). The molecule has 0 radical (unpaired) electrons. The zero-order valence-electron chi connectivity index (χ0n) is 44.8. The molecule has 394 valence electrons. The van der Waals surface area contributed by atoms with Gasteiger partial charge >= 0.3 is 5.97 Å². The summed E-state index contributed by atoms with van der Waals surface area (Å²) in [5.74, 6) is -1.80. The Bertz CT molecular complexity index is 2100. The van der Waals surface area contributed by atoms with Crippen molar-refractivity contribution in [3.8, 4) is 11.5 Å². The smallest absolute Gasteiger partial charge is 0.303 e. The van der Waals surface area contributed by atoms with Crippen molar-refractivity contribution in [1.29, 1.82) is 0 Å². The molecule has 1 aliphatic heterocycles. The average Bonchev–Trinajstić information content (AvgIpc) is 4.05. The Morgan fingerprint density at radius 2 is 1.48 bits per heavy atom. The number of nitrogens with one attached hydrogen (secondary N) is 2. The molecule has 0 saturated carbocycles. The molecule has 1 fully saturated rings. The second kappa shape index (κ2) is 28.9. The minimum absolute atomic E-state index is 0.0107. The number of aliphatic carboxylic acids is 1. The lowest BCUT2D eigenvalue weighted by Gasteiger charge is -2.37. The number of carboxylic acids is 1. The summed E-state index contributed by atoms with van der Waals surface area (Å²) < 4.78 is 18.5. The maximum atomic E-state index is 14.5. The summed E-state index contributed by atoms with van der Waals surface area (Å²) in [6, 6.07) is 17.2. The second-order valence-corrected chi connectivity index (χ2v) is 20.9. The zero-order chi connectivity index (χ0) is 52.4.